The Balaban J connectivity index is 2.68. The zero-order valence-electron chi connectivity index (χ0n) is 9.13. The van der Waals surface area contributed by atoms with Gasteiger partial charge in [0.2, 0.25) is 0 Å². The Hall–Kier alpha value is -0.770. The van der Waals surface area contributed by atoms with Crippen LogP contribution in [0.1, 0.15) is 1.37 Å². The standard InChI is InChI=1S/C8H14O8/c9-1-3-5(12)6(13)7(14)8(16-3)15-2-4(10)11/h3,5-9,12-14H,1-2H2,(H,10,11)/t3-,5-,6+,7+,8?/m1/s1/i2D/t2?,3-,5-,6+,7+,8?. The largest absolute Gasteiger partial charge is 0.480 e. The van der Waals surface area contributed by atoms with Gasteiger partial charge in [0.05, 0.1) is 7.98 Å². The molecule has 0 amide bonds. The summed E-state index contributed by atoms with van der Waals surface area (Å²) in [5.74, 6) is -1.60. The Morgan fingerprint density at radius 1 is 1.31 bits per heavy atom. The summed E-state index contributed by atoms with van der Waals surface area (Å²) in [7, 11) is 0. The molecule has 0 aromatic heterocycles. The van der Waals surface area contributed by atoms with Crippen LogP contribution in [-0.2, 0) is 14.3 Å². The lowest BCUT2D eigenvalue weighted by molar-refractivity contribution is -0.300. The summed E-state index contributed by atoms with van der Waals surface area (Å²) in [6.45, 7) is -2.66. The molecule has 0 aromatic rings. The van der Waals surface area contributed by atoms with Gasteiger partial charge in [0, 0.05) is 0 Å². The molecule has 0 aromatic carbocycles. The lowest BCUT2D eigenvalue weighted by atomic mass is 9.99. The number of rotatable bonds is 4. The topological polar surface area (TPSA) is 137 Å². The van der Waals surface area contributed by atoms with E-state index in [0.717, 1.165) is 0 Å². The van der Waals surface area contributed by atoms with Crippen molar-refractivity contribution in [1.29, 1.82) is 0 Å². The minimum atomic E-state index is -2.00. The van der Waals surface area contributed by atoms with Crippen LogP contribution < -0.4 is 0 Å². The van der Waals surface area contributed by atoms with Gasteiger partial charge >= 0.3 is 5.97 Å². The Bertz CT molecular complexity index is 272. The van der Waals surface area contributed by atoms with Crippen molar-refractivity contribution >= 4 is 5.97 Å². The molecule has 2 unspecified atom stereocenters. The highest BCUT2D eigenvalue weighted by atomic mass is 16.7. The second kappa shape index (κ2) is 5.53. The third-order valence-corrected chi connectivity index (χ3v) is 2.15. The Morgan fingerprint density at radius 3 is 2.44 bits per heavy atom. The smallest absolute Gasteiger partial charge is 0.329 e. The van der Waals surface area contributed by atoms with Crippen LogP contribution >= 0.6 is 0 Å². The Labute approximate surface area is 92.1 Å². The van der Waals surface area contributed by atoms with Crippen molar-refractivity contribution in [2.75, 3.05) is 13.2 Å². The van der Waals surface area contributed by atoms with Crippen molar-refractivity contribution in [2.45, 2.75) is 30.7 Å². The van der Waals surface area contributed by atoms with E-state index in [0.29, 0.717) is 0 Å². The van der Waals surface area contributed by atoms with Gasteiger partial charge in [-0.05, 0) is 0 Å². The predicted octanol–water partition coefficient (Wildman–Crippen LogP) is -3.11. The molecule has 0 saturated carbocycles. The molecular weight excluding hydrogens is 224 g/mol. The maximum Gasteiger partial charge on any atom is 0.329 e. The first-order chi connectivity index (χ1) is 7.88. The zero-order chi connectivity index (χ0) is 13.2. The lowest BCUT2D eigenvalue weighted by Crippen LogP contribution is -2.59. The molecular formula is C8H14O8. The molecule has 0 radical (unpaired) electrons. The molecule has 0 aliphatic carbocycles. The van der Waals surface area contributed by atoms with Crippen LogP contribution in [-0.4, -0.2) is 75.4 Å². The van der Waals surface area contributed by atoms with Gasteiger partial charge < -0.3 is 35.0 Å². The average Bonchev–Trinajstić information content (AvgIpc) is 2.29. The van der Waals surface area contributed by atoms with Gasteiger partial charge in [-0.3, -0.25) is 0 Å². The first kappa shape index (κ1) is 11.7. The van der Waals surface area contributed by atoms with Crippen molar-refractivity contribution in [3.05, 3.63) is 0 Å². The van der Waals surface area contributed by atoms with Gasteiger partial charge in [0.25, 0.3) is 0 Å². The predicted molar refractivity (Wildman–Crippen MR) is 47.4 cm³/mol. The maximum absolute atomic E-state index is 10.4. The summed E-state index contributed by atoms with van der Waals surface area (Å²) in [5, 5.41) is 45.4. The SMILES string of the molecule is [2H]C(OC1O[C@H](CO)[C@@H](O)[C@H](O)[C@@H]1O)C(=O)O. The molecule has 1 aliphatic rings. The van der Waals surface area contributed by atoms with Crippen molar-refractivity contribution in [1.82, 2.24) is 0 Å². The highest BCUT2D eigenvalue weighted by Crippen LogP contribution is 2.21. The summed E-state index contributed by atoms with van der Waals surface area (Å²) >= 11 is 0. The van der Waals surface area contributed by atoms with Crippen LogP contribution in [0.4, 0.5) is 0 Å². The first-order valence-electron chi connectivity index (χ1n) is 5.07. The molecule has 0 bridgehead atoms. The monoisotopic (exact) mass is 239 g/mol. The van der Waals surface area contributed by atoms with E-state index in [1.807, 2.05) is 0 Å². The van der Waals surface area contributed by atoms with E-state index in [1.54, 1.807) is 0 Å². The first-order valence-corrected chi connectivity index (χ1v) is 4.49. The van der Waals surface area contributed by atoms with Crippen LogP contribution in [0.5, 0.6) is 0 Å². The van der Waals surface area contributed by atoms with Crippen molar-refractivity contribution < 1.29 is 41.2 Å². The second-order valence-electron chi connectivity index (χ2n) is 3.29. The van der Waals surface area contributed by atoms with Gasteiger partial charge in [-0.25, -0.2) is 4.79 Å². The quantitative estimate of drug-likeness (QED) is 0.347. The van der Waals surface area contributed by atoms with Crippen LogP contribution in [0.15, 0.2) is 0 Å². The molecule has 1 rings (SSSR count). The van der Waals surface area contributed by atoms with E-state index >= 15 is 0 Å². The Morgan fingerprint density at radius 2 is 1.94 bits per heavy atom. The number of ether oxygens (including phenoxy) is 2. The molecule has 1 heterocycles. The summed E-state index contributed by atoms with van der Waals surface area (Å²) in [6.07, 6.45) is -7.72. The van der Waals surface area contributed by atoms with Crippen LogP contribution in [0.2, 0.25) is 0 Å². The van der Waals surface area contributed by atoms with E-state index in [2.05, 4.69) is 4.74 Å². The second-order valence-corrected chi connectivity index (χ2v) is 3.29. The maximum atomic E-state index is 10.4. The lowest BCUT2D eigenvalue weighted by Gasteiger charge is -2.39. The number of aliphatic carboxylic acids is 1. The highest BCUT2D eigenvalue weighted by molar-refractivity contribution is 5.68. The van der Waals surface area contributed by atoms with E-state index in [1.165, 1.54) is 0 Å². The van der Waals surface area contributed by atoms with Gasteiger partial charge in [0.1, 0.15) is 31.0 Å². The van der Waals surface area contributed by atoms with Crippen LogP contribution in [0.3, 0.4) is 0 Å². The van der Waals surface area contributed by atoms with E-state index in [9.17, 15) is 20.1 Å². The molecule has 5 N–H and O–H groups in total. The molecule has 16 heavy (non-hydrogen) atoms. The molecule has 1 saturated heterocycles. The fraction of sp³-hybridized carbons (Fsp3) is 0.875. The van der Waals surface area contributed by atoms with E-state index in [-0.39, 0.29) is 0 Å². The average molecular weight is 239 g/mol. The zero-order valence-corrected chi connectivity index (χ0v) is 8.13. The minimum absolute atomic E-state index is 0.652. The summed E-state index contributed by atoms with van der Waals surface area (Å²) in [4.78, 5) is 10.4. The summed E-state index contributed by atoms with van der Waals surface area (Å²) < 4.78 is 16.3. The Kier molecular flexibility index (Phi) is 4.04. The number of carbonyl (C=O) groups is 1. The fourth-order valence-electron chi connectivity index (χ4n) is 1.31. The van der Waals surface area contributed by atoms with Crippen LogP contribution in [0.25, 0.3) is 0 Å². The number of hydrogen-bond acceptors (Lipinski definition) is 7. The minimum Gasteiger partial charge on any atom is -0.480 e. The number of carboxylic acid groups (broad SMARTS) is 1. The highest BCUT2D eigenvalue weighted by Gasteiger charge is 2.44. The van der Waals surface area contributed by atoms with Gasteiger partial charge in [0.15, 0.2) is 6.29 Å². The molecule has 8 heteroatoms. The van der Waals surface area contributed by atoms with Gasteiger partial charge in [-0.1, -0.05) is 0 Å². The fourth-order valence-corrected chi connectivity index (χ4v) is 1.31. The molecule has 0 spiro atoms. The third-order valence-electron chi connectivity index (χ3n) is 2.15. The molecule has 1 fully saturated rings. The van der Waals surface area contributed by atoms with E-state index in [4.69, 9.17) is 16.3 Å². The van der Waals surface area contributed by atoms with Crippen molar-refractivity contribution in [3.63, 3.8) is 0 Å². The van der Waals surface area contributed by atoms with Gasteiger partial charge in [-0.2, -0.15) is 0 Å². The summed E-state index contributed by atoms with van der Waals surface area (Å²) in [6, 6.07) is 0. The normalized spacial score (nSPS) is 42.5. The van der Waals surface area contributed by atoms with E-state index < -0.39 is 49.9 Å². The third kappa shape index (κ3) is 2.88. The number of aliphatic hydroxyl groups excluding tert-OH is 4. The number of aliphatic hydroxyl groups is 4. The van der Waals surface area contributed by atoms with Crippen molar-refractivity contribution in [3.8, 4) is 0 Å². The molecule has 8 nitrogen and oxygen atoms in total. The molecule has 1 aliphatic heterocycles. The summed E-state index contributed by atoms with van der Waals surface area (Å²) in [5.41, 5.74) is 0. The number of hydrogen-bond donors (Lipinski definition) is 5. The van der Waals surface area contributed by atoms with Gasteiger partial charge in [-0.15, -0.1) is 0 Å². The number of carboxylic acids is 1. The molecule has 6 atom stereocenters. The molecule has 94 valence electrons. The van der Waals surface area contributed by atoms with Crippen molar-refractivity contribution in [2.24, 2.45) is 0 Å². The van der Waals surface area contributed by atoms with Crippen LogP contribution in [0, 0.1) is 0 Å².